The second-order valence-corrected chi connectivity index (χ2v) is 7.69. The molecular weight excluding hydrogens is 448 g/mol. The summed E-state index contributed by atoms with van der Waals surface area (Å²) in [7, 11) is 0. The number of benzene rings is 2. The van der Waals surface area contributed by atoms with E-state index in [1.54, 1.807) is 11.6 Å². The second-order valence-electron chi connectivity index (χ2n) is 6.77. The van der Waals surface area contributed by atoms with Gasteiger partial charge in [0.2, 0.25) is 5.95 Å². The molecule has 2 heterocycles. The van der Waals surface area contributed by atoms with Crippen molar-refractivity contribution in [1.82, 2.24) is 14.8 Å². The number of aromatic nitrogens is 3. The number of nitrogens with one attached hydrogen (secondary N) is 1. The third-order valence-electron chi connectivity index (χ3n) is 4.79. The molecule has 1 atom stereocenters. The molecule has 7 nitrogen and oxygen atoms in total. The zero-order valence-electron chi connectivity index (χ0n) is 16.6. The van der Waals surface area contributed by atoms with Gasteiger partial charge in [0.05, 0.1) is 12.2 Å². The van der Waals surface area contributed by atoms with Crippen molar-refractivity contribution in [1.29, 1.82) is 0 Å². The van der Waals surface area contributed by atoms with E-state index in [9.17, 15) is 4.79 Å². The average molecular weight is 469 g/mol. The van der Waals surface area contributed by atoms with Gasteiger partial charge in [-0.1, -0.05) is 46.3 Å². The van der Waals surface area contributed by atoms with Crippen molar-refractivity contribution >= 4 is 27.8 Å². The summed E-state index contributed by atoms with van der Waals surface area (Å²) in [6.07, 6.45) is 1.46. The van der Waals surface area contributed by atoms with Crippen molar-refractivity contribution in [2.24, 2.45) is 0 Å². The number of nitrogens with zero attached hydrogens (tertiary/aromatic N) is 3. The van der Waals surface area contributed by atoms with Gasteiger partial charge in [-0.05, 0) is 37.6 Å². The Morgan fingerprint density at radius 1 is 1.23 bits per heavy atom. The van der Waals surface area contributed by atoms with E-state index in [1.165, 1.54) is 6.33 Å². The lowest BCUT2D eigenvalue weighted by molar-refractivity contribution is -0.139. The van der Waals surface area contributed by atoms with Crippen LogP contribution in [0, 0.1) is 0 Å². The number of fused-ring (bicyclic) bond motifs is 1. The minimum absolute atomic E-state index is 0.280. The molecule has 0 fully saturated rings. The van der Waals surface area contributed by atoms with Gasteiger partial charge < -0.3 is 14.8 Å². The van der Waals surface area contributed by atoms with Gasteiger partial charge in [-0.25, -0.2) is 9.48 Å². The van der Waals surface area contributed by atoms with Crippen LogP contribution in [0.2, 0.25) is 0 Å². The van der Waals surface area contributed by atoms with Crippen LogP contribution < -0.4 is 10.1 Å². The van der Waals surface area contributed by atoms with Gasteiger partial charge in [0, 0.05) is 15.7 Å². The number of ether oxygens (including phenoxy) is 2. The van der Waals surface area contributed by atoms with Crippen LogP contribution in [-0.2, 0) is 16.1 Å². The van der Waals surface area contributed by atoms with Gasteiger partial charge in [0.25, 0.3) is 0 Å². The maximum absolute atomic E-state index is 12.9. The Hall–Kier alpha value is -3.13. The van der Waals surface area contributed by atoms with Gasteiger partial charge in [0.15, 0.2) is 0 Å². The summed E-state index contributed by atoms with van der Waals surface area (Å²) < 4.78 is 14.1. The second kappa shape index (κ2) is 8.71. The number of anilines is 1. The van der Waals surface area contributed by atoms with Crippen LogP contribution in [0.15, 0.2) is 70.6 Å². The summed E-state index contributed by atoms with van der Waals surface area (Å²) in [5, 5.41) is 7.50. The summed E-state index contributed by atoms with van der Waals surface area (Å²) >= 11 is 3.54. The van der Waals surface area contributed by atoms with Crippen LogP contribution in [0.5, 0.6) is 5.75 Å². The van der Waals surface area contributed by atoms with Crippen LogP contribution in [0.4, 0.5) is 5.95 Å². The Bertz CT molecular complexity index is 1090. The molecule has 0 radical (unpaired) electrons. The molecule has 0 aliphatic carbocycles. The van der Waals surface area contributed by atoms with Gasteiger partial charge >= 0.3 is 5.97 Å². The highest BCUT2D eigenvalue weighted by Crippen LogP contribution is 2.40. The number of hydrogen-bond acceptors (Lipinski definition) is 6. The number of allylic oxidation sites excluding steroid dienone is 1. The van der Waals surface area contributed by atoms with Crippen molar-refractivity contribution in [2.45, 2.75) is 26.5 Å². The average Bonchev–Trinajstić information content (AvgIpc) is 3.20. The van der Waals surface area contributed by atoms with Gasteiger partial charge in [0.1, 0.15) is 24.7 Å². The van der Waals surface area contributed by atoms with Crippen molar-refractivity contribution in [3.8, 4) is 5.75 Å². The van der Waals surface area contributed by atoms with Crippen molar-refractivity contribution < 1.29 is 14.3 Å². The largest absolute Gasteiger partial charge is 0.489 e. The summed E-state index contributed by atoms with van der Waals surface area (Å²) in [6.45, 7) is 4.30. The summed E-state index contributed by atoms with van der Waals surface area (Å²) in [5.74, 6) is 0.812. The van der Waals surface area contributed by atoms with Gasteiger partial charge in [-0.15, -0.1) is 0 Å². The molecule has 1 unspecified atom stereocenters. The van der Waals surface area contributed by atoms with E-state index >= 15 is 0 Å². The number of halogens is 1. The van der Waals surface area contributed by atoms with E-state index in [0.717, 1.165) is 15.6 Å². The van der Waals surface area contributed by atoms with Crippen molar-refractivity contribution in [3.05, 3.63) is 81.7 Å². The SMILES string of the molecule is CCOC(=O)C1=C(C)Nc2ncnn2C1c1cc(Br)ccc1OCc1ccccc1. The highest BCUT2D eigenvalue weighted by molar-refractivity contribution is 9.10. The first kappa shape index (κ1) is 20.2. The van der Waals surface area contributed by atoms with Crippen LogP contribution in [-0.4, -0.2) is 27.3 Å². The third-order valence-corrected chi connectivity index (χ3v) is 5.29. The monoisotopic (exact) mass is 468 g/mol. The Morgan fingerprint density at radius 3 is 2.80 bits per heavy atom. The van der Waals surface area contributed by atoms with Gasteiger partial charge in [-0.3, -0.25) is 0 Å². The molecule has 30 heavy (non-hydrogen) atoms. The number of hydrogen-bond donors (Lipinski definition) is 1. The lowest BCUT2D eigenvalue weighted by atomic mass is 9.95. The molecule has 2 aromatic carbocycles. The molecule has 0 saturated heterocycles. The topological polar surface area (TPSA) is 78.3 Å². The molecule has 0 saturated carbocycles. The number of esters is 1. The quantitative estimate of drug-likeness (QED) is 0.537. The van der Waals surface area contributed by atoms with Crippen molar-refractivity contribution in [3.63, 3.8) is 0 Å². The Kier molecular flexibility index (Phi) is 5.85. The zero-order valence-corrected chi connectivity index (χ0v) is 18.2. The molecule has 8 heteroatoms. The molecule has 1 aliphatic heterocycles. The fourth-order valence-electron chi connectivity index (χ4n) is 3.45. The van der Waals surface area contributed by atoms with Crippen LogP contribution in [0.1, 0.15) is 31.0 Å². The number of rotatable bonds is 6. The predicted molar refractivity (Wildman–Crippen MR) is 116 cm³/mol. The third kappa shape index (κ3) is 3.95. The van der Waals surface area contributed by atoms with E-state index in [0.29, 0.717) is 29.6 Å². The highest BCUT2D eigenvalue weighted by atomic mass is 79.9. The van der Waals surface area contributed by atoms with Gasteiger partial charge in [-0.2, -0.15) is 10.1 Å². The Morgan fingerprint density at radius 2 is 2.03 bits per heavy atom. The van der Waals surface area contributed by atoms with E-state index in [4.69, 9.17) is 9.47 Å². The van der Waals surface area contributed by atoms with Crippen LogP contribution >= 0.6 is 15.9 Å². The normalized spacial score (nSPS) is 15.4. The smallest absolute Gasteiger partial charge is 0.338 e. The maximum Gasteiger partial charge on any atom is 0.338 e. The fraction of sp³-hybridized carbons (Fsp3) is 0.227. The summed E-state index contributed by atoms with van der Waals surface area (Å²) in [5.41, 5.74) is 2.98. The molecule has 1 aliphatic rings. The zero-order chi connectivity index (χ0) is 21.1. The van der Waals surface area contributed by atoms with Crippen LogP contribution in [0.25, 0.3) is 0 Å². The number of carbonyl (C=O) groups excluding carboxylic acids is 1. The first-order valence-corrected chi connectivity index (χ1v) is 10.4. The lowest BCUT2D eigenvalue weighted by Crippen LogP contribution is -2.30. The van der Waals surface area contributed by atoms with E-state index in [1.807, 2.05) is 55.5 Å². The minimum atomic E-state index is -0.536. The van der Waals surface area contributed by atoms with E-state index in [2.05, 4.69) is 31.3 Å². The molecule has 0 bridgehead atoms. The van der Waals surface area contributed by atoms with Crippen molar-refractivity contribution in [2.75, 3.05) is 11.9 Å². The van der Waals surface area contributed by atoms with E-state index < -0.39 is 12.0 Å². The summed E-state index contributed by atoms with van der Waals surface area (Å²) in [4.78, 5) is 17.1. The molecule has 0 spiro atoms. The Balaban J connectivity index is 1.79. The standard InChI is InChI=1S/C22H21BrN4O3/c1-3-29-21(28)19-14(2)26-22-24-13-25-27(22)20(19)17-11-16(23)9-10-18(17)30-12-15-7-5-4-6-8-15/h4-11,13,20H,3,12H2,1-2H3,(H,24,25,26). The highest BCUT2D eigenvalue weighted by Gasteiger charge is 2.36. The minimum Gasteiger partial charge on any atom is -0.489 e. The maximum atomic E-state index is 12.9. The molecule has 154 valence electrons. The van der Waals surface area contributed by atoms with E-state index in [-0.39, 0.29) is 6.61 Å². The molecule has 4 rings (SSSR count). The molecule has 1 aromatic heterocycles. The number of carbonyl (C=O) groups is 1. The molecular formula is C22H21BrN4O3. The lowest BCUT2D eigenvalue weighted by Gasteiger charge is -2.29. The molecule has 1 N–H and O–H groups in total. The molecule has 0 amide bonds. The molecule has 3 aromatic rings. The first-order valence-electron chi connectivity index (χ1n) is 9.59. The Labute approximate surface area is 182 Å². The first-order chi connectivity index (χ1) is 14.6. The summed E-state index contributed by atoms with van der Waals surface area (Å²) in [6, 6.07) is 15.1. The van der Waals surface area contributed by atoms with Crippen LogP contribution in [0.3, 0.4) is 0 Å². The fourth-order valence-corrected chi connectivity index (χ4v) is 3.83. The predicted octanol–water partition coefficient (Wildman–Crippen LogP) is 4.47.